The van der Waals surface area contributed by atoms with Gasteiger partial charge in [-0.2, -0.15) is 0 Å². The summed E-state index contributed by atoms with van der Waals surface area (Å²) in [6.07, 6.45) is 2.49. The van der Waals surface area contributed by atoms with E-state index in [0.717, 1.165) is 0 Å². The Morgan fingerprint density at radius 1 is 1.38 bits per heavy atom. The molecule has 0 aromatic heterocycles. The van der Waals surface area contributed by atoms with E-state index in [9.17, 15) is 0 Å². The standard InChI is InChI=1S/C10H21NO2/c1-8(9(2)4-5-9)11-10(3,6-12)7-13/h8,11-13H,4-7H2,1-3H3. The van der Waals surface area contributed by atoms with Gasteiger partial charge in [0.2, 0.25) is 0 Å². The van der Waals surface area contributed by atoms with E-state index in [1.165, 1.54) is 12.8 Å². The molecule has 0 spiro atoms. The van der Waals surface area contributed by atoms with Crippen molar-refractivity contribution in [1.82, 2.24) is 5.32 Å². The van der Waals surface area contributed by atoms with Crippen LogP contribution in [-0.4, -0.2) is 35.0 Å². The molecule has 0 aliphatic heterocycles. The number of aliphatic hydroxyl groups excluding tert-OH is 2. The summed E-state index contributed by atoms with van der Waals surface area (Å²) < 4.78 is 0. The normalized spacial score (nSPS) is 22.8. The molecule has 0 radical (unpaired) electrons. The lowest BCUT2D eigenvalue weighted by Crippen LogP contribution is -2.54. The lowest BCUT2D eigenvalue weighted by atomic mass is 9.96. The lowest BCUT2D eigenvalue weighted by Gasteiger charge is -2.33. The van der Waals surface area contributed by atoms with Crippen molar-refractivity contribution in [2.24, 2.45) is 5.41 Å². The first-order chi connectivity index (χ1) is 5.96. The molecule has 78 valence electrons. The van der Waals surface area contributed by atoms with Crippen molar-refractivity contribution < 1.29 is 10.2 Å². The summed E-state index contributed by atoms with van der Waals surface area (Å²) in [6.45, 7) is 6.15. The van der Waals surface area contributed by atoms with Gasteiger partial charge in [0, 0.05) is 6.04 Å². The van der Waals surface area contributed by atoms with E-state index in [4.69, 9.17) is 10.2 Å². The first kappa shape index (κ1) is 11.0. The quantitative estimate of drug-likeness (QED) is 0.588. The highest BCUT2D eigenvalue weighted by molar-refractivity contribution is 4.99. The Bertz CT molecular complexity index is 174. The van der Waals surface area contributed by atoms with Crippen LogP contribution in [0.15, 0.2) is 0 Å². The second kappa shape index (κ2) is 3.56. The Balaban J connectivity index is 2.46. The van der Waals surface area contributed by atoms with Gasteiger partial charge < -0.3 is 15.5 Å². The number of hydrogen-bond acceptors (Lipinski definition) is 3. The van der Waals surface area contributed by atoms with E-state index in [2.05, 4.69) is 19.2 Å². The lowest BCUT2D eigenvalue weighted by molar-refractivity contribution is 0.0869. The van der Waals surface area contributed by atoms with Crippen molar-refractivity contribution in [1.29, 1.82) is 0 Å². The van der Waals surface area contributed by atoms with Crippen LogP contribution in [0.5, 0.6) is 0 Å². The minimum atomic E-state index is -0.537. The predicted molar refractivity (Wildman–Crippen MR) is 52.5 cm³/mol. The van der Waals surface area contributed by atoms with E-state index < -0.39 is 5.54 Å². The Morgan fingerprint density at radius 2 is 1.85 bits per heavy atom. The maximum absolute atomic E-state index is 9.10. The summed E-state index contributed by atoms with van der Waals surface area (Å²) in [6, 6.07) is 0.358. The summed E-state index contributed by atoms with van der Waals surface area (Å²) in [4.78, 5) is 0. The average Bonchev–Trinajstić information content (AvgIpc) is 2.85. The SMILES string of the molecule is CC(NC(C)(CO)CO)C1(C)CC1. The van der Waals surface area contributed by atoms with Crippen LogP contribution in [0.25, 0.3) is 0 Å². The number of rotatable bonds is 5. The van der Waals surface area contributed by atoms with E-state index >= 15 is 0 Å². The molecule has 1 atom stereocenters. The first-order valence-corrected chi connectivity index (χ1v) is 4.95. The number of aliphatic hydroxyl groups is 2. The summed E-state index contributed by atoms with van der Waals surface area (Å²) in [5, 5.41) is 21.5. The first-order valence-electron chi connectivity index (χ1n) is 4.95. The highest BCUT2D eigenvalue weighted by atomic mass is 16.3. The van der Waals surface area contributed by atoms with E-state index in [-0.39, 0.29) is 13.2 Å². The summed E-state index contributed by atoms with van der Waals surface area (Å²) in [5.41, 5.74) is -0.156. The van der Waals surface area contributed by atoms with E-state index in [0.29, 0.717) is 11.5 Å². The third-order valence-corrected chi connectivity index (χ3v) is 3.35. The van der Waals surface area contributed by atoms with Crippen molar-refractivity contribution in [2.45, 2.75) is 45.2 Å². The molecule has 0 bridgehead atoms. The van der Waals surface area contributed by atoms with Crippen LogP contribution in [0.1, 0.15) is 33.6 Å². The van der Waals surface area contributed by atoms with E-state index in [1.807, 2.05) is 6.92 Å². The third-order valence-electron chi connectivity index (χ3n) is 3.35. The summed E-state index contributed by atoms with van der Waals surface area (Å²) >= 11 is 0. The molecule has 1 saturated carbocycles. The molecule has 1 unspecified atom stereocenters. The van der Waals surface area contributed by atoms with Crippen LogP contribution >= 0.6 is 0 Å². The van der Waals surface area contributed by atoms with Crippen LogP contribution in [0.4, 0.5) is 0 Å². The molecule has 13 heavy (non-hydrogen) atoms. The fraction of sp³-hybridized carbons (Fsp3) is 1.00. The molecule has 1 rings (SSSR count). The van der Waals surface area contributed by atoms with Gasteiger partial charge in [-0.15, -0.1) is 0 Å². The molecule has 0 heterocycles. The van der Waals surface area contributed by atoms with Gasteiger partial charge in [0.1, 0.15) is 0 Å². The van der Waals surface area contributed by atoms with Gasteiger partial charge >= 0.3 is 0 Å². The zero-order chi connectivity index (χ0) is 10.1. The smallest absolute Gasteiger partial charge is 0.0633 e. The molecule has 0 aromatic carbocycles. The Kier molecular flexibility index (Phi) is 3.00. The highest BCUT2D eigenvalue weighted by Crippen LogP contribution is 2.48. The minimum Gasteiger partial charge on any atom is -0.394 e. The van der Waals surface area contributed by atoms with Gasteiger partial charge in [0.25, 0.3) is 0 Å². The molecule has 0 amide bonds. The molecule has 1 aliphatic rings. The van der Waals surface area contributed by atoms with Crippen molar-refractivity contribution in [3.63, 3.8) is 0 Å². The third kappa shape index (κ3) is 2.42. The average molecular weight is 187 g/mol. The fourth-order valence-corrected chi connectivity index (χ4v) is 1.47. The topological polar surface area (TPSA) is 52.5 Å². The monoisotopic (exact) mass is 187 g/mol. The zero-order valence-electron chi connectivity index (χ0n) is 8.80. The van der Waals surface area contributed by atoms with Crippen molar-refractivity contribution in [3.8, 4) is 0 Å². The van der Waals surface area contributed by atoms with Gasteiger partial charge in [0.05, 0.1) is 18.8 Å². The molecule has 3 N–H and O–H groups in total. The zero-order valence-corrected chi connectivity index (χ0v) is 8.80. The molecule has 3 nitrogen and oxygen atoms in total. The van der Waals surface area contributed by atoms with Gasteiger partial charge in [-0.25, -0.2) is 0 Å². The number of nitrogens with one attached hydrogen (secondary N) is 1. The molecule has 3 heteroatoms. The van der Waals surface area contributed by atoms with Crippen LogP contribution in [-0.2, 0) is 0 Å². The van der Waals surface area contributed by atoms with Gasteiger partial charge in [-0.1, -0.05) is 6.92 Å². The molecule has 0 saturated heterocycles. The van der Waals surface area contributed by atoms with Gasteiger partial charge in [-0.3, -0.25) is 0 Å². The maximum atomic E-state index is 9.10. The largest absolute Gasteiger partial charge is 0.394 e. The minimum absolute atomic E-state index is 0.0239. The van der Waals surface area contributed by atoms with Crippen molar-refractivity contribution in [2.75, 3.05) is 13.2 Å². The second-order valence-corrected chi connectivity index (χ2v) is 4.90. The van der Waals surface area contributed by atoms with E-state index in [1.54, 1.807) is 0 Å². The number of hydrogen-bond donors (Lipinski definition) is 3. The fourth-order valence-electron chi connectivity index (χ4n) is 1.47. The predicted octanol–water partition coefficient (Wildman–Crippen LogP) is 0.508. The Morgan fingerprint density at radius 3 is 2.15 bits per heavy atom. The summed E-state index contributed by atoms with van der Waals surface area (Å²) in [5.74, 6) is 0. The second-order valence-electron chi connectivity index (χ2n) is 4.90. The molecule has 1 fully saturated rings. The molecule has 1 aliphatic carbocycles. The van der Waals surface area contributed by atoms with Gasteiger partial charge in [0.15, 0.2) is 0 Å². The molecular formula is C10H21NO2. The van der Waals surface area contributed by atoms with Crippen LogP contribution in [0.2, 0.25) is 0 Å². The molecule has 0 aromatic rings. The van der Waals surface area contributed by atoms with Crippen molar-refractivity contribution in [3.05, 3.63) is 0 Å². The summed E-state index contributed by atoms with van der Waals surface area (Å²) in [7, 11) is 0. The Labute approximate surface area is 80.2 Å². The van der Waals surface area contributed by atoms with Crippen LogP contribution < -0.4 is 5.32 Å². The van der Waals surface area contributed by atoms with Crippen molar-refractivity contribution >= 4 is 0 Å². The molecular weight excluding hydrogens is 166 g/mol. The van der Waals surface area contributed by atoms with Crippen LogP contribution in [0, 0.1) is 5.41 Å². The van der Waals surface area contributed by atoms with Crippen LogP contribution in [0.3, 0.4) is 0 Å². The maximum Gasteiger partial charge on any atom is 0.0633 e. The van der Waals surface area contributed by atoms with Gasteiger partial charge in [-0.05, 0) is 32.1 Å². The highest BCUT2D eigenvalue weighted by Gasteiger charge is 2.44. The Hall–Kier alpha value is -0.120.